The number of nitrogens with zero attached hydrogens (tertiary/aromatic N) is 2. The largest absolute Gasteiger partial charge is 0.481 e. The Kier molecular flexibility index (Phi) is 11.4. The molecule has 8 nitrogen and oxygen atoms in total. The van der Waals surface area contributed by atoms with Gasteiger partial charge >= 0.3 is 12.1 Å². The quantitative estimate of drug-likeness (QED) is 0.258. The van der Waals surface area contributed by atoms with Crippen molar-refractivity contribution in [2.75, 3.05) is 20.3 Å². The minimum Gasteiger partial charge on any atom is -0.481 e. The maximum absolute atomic E-state index is 14.6. The number of carbonyl (C=O) groups is 2. The van der Waals surface area contributed by atoms with Crippen LogP contribution in [0.3, 0.4) is 0 Å². The smallest absolute Gasteiger partial charge is 0.417 e. The molecule has 0 spiro atoms. The van der Waals surface area contributed by atoms with Gasteiger partial charge in [-0.3, -0.25) is 4.79 Å². The molecule has 2 saturated heterocycles. The first-order valence-electron chi connectivity index (χ1n) is 16.1. The molecule has 2 aliphatic rings. The lowest BCUT2D eigenvalue weighted by atomic mass is 9.73. The van der Waals surface area contributed by atoms with Gasteiger partial charge in [0.25, 0.3) is 5.91 Å². The fourth-order valence-electron chi connectivity index (χ4n) is 6.81. The second kappa shape index (κ2) is 14.7. The van der Waals surface area contributed by atoms with E-state index in [0.717, 1.165) is 36.2 Å². The van der Waals surface area contributed by atoms with Crippen molar-refractivity contribution in [2.24, 2.45) is 17.3 Å². The third-order valence-corrected chi connectivity index (χ3v) is 8.72. The summed E-state index contributed by atoms with van der Waals surface area (Å²) in [7, 11) is 1.33. The fourth-order valence-corrected chi connectivity index (χ4v) is 6.81. The summed E-state index contributed by atoms with van der Waals surface area (Å²) in [5, 5.41) is 0. The number of benzene rings is 1. The lowest BCUT2D eigenvalue weighted by Gasteiger charge is -2.36. The van der Waals surface area contributed by atoms with E-state index in [1.807, 2.05) is 45.0 Å². The minimum absolute atomic E-state index is 0.000504. The van der Waals surface area contributed by atoms with Crippen LogP contribution >= 0.6 is 0 Å². The van der Waals surface area contributed by atoms with E-state index in [2.05, 4.69) is 18.8 Å². The van der Waals surface area contributed by atoms with Crippen LogP contribution in [0.15, 0.2) is 36.5 Å². The van der Waals surface area contributed by atoms with E-state index in [9.17, 15) is 22.8 Å². The highest BCUT2D eigenvalue weighted by atomic mass is 19.4. The number of rotatable bonds is 10. The van der Waals surface area contributed by atoms with Gasteiger partial charge in [0.2, 0.25) is 5.88 Å². The summed E-state index contributed by atoms with van der Waals surface area (Å²) in [5.41, 5.74) is 0.383. The molecule has 0 radical (unpaired) electrons. The Morgan fingerprint density at radius 3 is 2.41 bits per heavy atom. The number of methoxy groups -OCH3 is 1. The molecule has 0 N–H and O–H groups in total. The predicted octanol–water partition coefficient (Wildman–Crippen LogP) is 6.94. The number of ether oxygens (including phenoxy) is 4. The lowest BCUT2D eigenvalue weighted by molar-refractivity contribution is -0.162. The summed E-state index contributed by atoms with van der Waals surface area (Å²) < 4.78 is 64.6. The van der Waals surface area contributed by atoms with Crippen molar-refractivity contribution in [3.8, 4) is 5.88 Å². The van der Waals surface area contributed by atoms with Gasteiger partial charge < -0.3 is 23.8 Å². The van der Waals surface area contributed by atoms with Crippen molar-refractivity contribution in [3.63, 3.8) is 0 Å². The Bertz CT molecular complexity index is 1350. The van der Waals surface area contributed by atoms with Gasteiger partial charge in [0, 0.05) is 24.3 Å². The van der Waals surface area contributed by atoms with Crippen LogP contribution in [0.25, 0.3) is 0 Å². The van der Waals surface area contributed by atoms with Gasteiger partial charge in [0.15, 0.2) is 0 Å². The second-order valence-electron chi connectivity index (χ2n) is 13.6. The summed E-state index contributed by atoms with van der Waals surface area (Å²) in [6.07, 6.45) is -2.56. The number of likely N-dealkylation sites (tertiary alicyclic amines) is 1. The molecule has 3 heterocycles. The van der Waals surface area contributed by atoms with E-state index < -0.39 is 53.3 Å². The molecule has 1 amide bonds. The Morgan fingerprint density at radius 1 is 1.11 bits per heavy atom. The van der Waals surface area contributed by atoms with Gasteiger partial charge in [-0.25, -0.2) is 9.78 Å². The Balaban J connectivity index is 1.92. The average Bonchev–Trinajstić information content (AvgIpc) is 3.35. The molecule has 2 aromatic rings. The molecule has 0 saturated carbocycles. The zero-order valence-corrected chi connectivity index (χ0v) is 27.9. The monoisotopic (exact) mass is 648 g/mol. The molecule has 4 rings (SSSR count). The average molecular weight is 649 g/mol. The number of pyridine rings is 1. The number of alkyl halides is 3. The summed E-state index contributed by atoms with van der Waals surface area (Å²) in [6, 6.07) is 6.97. The minimum atomic E-state index is -4.62. The normalized spacial score (nSPS) is 23.9. The molecule has 46 heavy (non-hydrogen) atoms. The third-order valence-electron chi connectivity index (χ3n) is 8.72. The van der Waals surface area contributed by atoms with Crippen molar-refractivity contribution >= 4 is 11.9 Å². The maximum atomic E-state index is 14.6. The number of hydrogen-bond donors (Lipinski definition) is 0. The van der Waals surface area contributed by atoms with Crippen LogP contribution in [-0.4, -0.2) is 60.3 Å². The van der Waals surface area contributed by atoms with Gasteiger partial charge in [-0.15, -0.1) is 0 Å². The van der Waals surface area contributed by atoms with Gasteiger partial charge in [0.05, 0.1) is 38.0 Å². The highest BCUT2D eigenvalue weighted by molar-refractivity contribution is 5.89. The number of aromatic nitrogens is 1. The summed E-state index contributed by atoms with van der Waals surface area (Å²) in [4.78, 5) is 34.0. The van der Waals surface area contributed by atoms with Crippen LogP contribution in [0.5, 0.6) is 5.88 Å². The molecule has 0 unspecified atom stereocenters. The Hall–Kier alpha value is -3.18. The molecule has 2 fully saturated rings. The van der Waals surface area contributed by atoms with Gasteiger partial charge in [-0.2, -0.15) is 13.2 Å². The predicted molar refractivity (Wildman–Crippen MR) is 166 cm³/mol. The van der Waals surface area contributed by atoms with E-state index in [4.69, 9.17) is 18.9 Å². The first kappa shape index (κ1) is 35.7. The molecule has 2 aliphatic heterocycles. The van der Waals surface area contributed by atoms with Crippen LogP contribution in [0.2, 0.25) is 0 Å². The maximum Gasteiger partial charge on any atom is 0.417 e. The van der Waals surface area contributed by atoms with Gasteiger partial charge in [-0.05, 0) is 61.1 Å². The van der Waals surface area contributed by atoms with Crippen LogP contribution in [0, 0.1) is 17.3 Å². The molecule has 5 atom stereocenters. The Morgan fingerprint density at radius 2 is 1.83 bits per heavy atom. The number of carbonyl (C=O) groups excluding carboxylic acids is 2. The SMILES string of the molecule is CCOC(=O)[C@@H]1[C@H](C(C)(C)C)[C@H](OCc2cc(C(F)(F)F)cnc2OC)[C@H](c2ccccc2CC(C)C)N1C(=O)[C@@H]1CCCCO1. The number of amides is 1. The summed E-state index contributed by atoms with van der Waals surface area (Å²) >= 11 is 0. The number of halogens is 3. The van der Waals surface area contributed by atoms with E-state index in [1.54, 1.807) is 11.8 Å². The van der Waals surface area contributed by atoms with Crippen LogP contribution in [-0.2, 0) is 43.0 Å². The highest BCUT2D eigenvalue weighted by Crippen LogP contribution is 2.51. The van der Waals surface area contributed by atoms with E-state index in [-0.39, 0.29) is 36.5 Å². The van der Waals surface area contributed by atoms with Crippen molar-refractivity contribution < 1.29 is 41.7 Å². The molecule has 11 heteroatoms. The second-order valence-corrected chi connectivity index (χ2v) is 13.6. The van der Waals surface area contributed by atoms with Gasteiger partial charge in [-0.1, -0.05) is 58.9 Å². The molecular weight excluding hydrogens is 601 g/mol. The van der Waals surface area contributed by atoms with Crippen LogP contribution < -0.4 is 4.74 Å². The van der Waals surface area contributed by atoms with E-state index in [1.165, 1.54) is 7.11 Å². The van der Waals surface area contributed by atoms with Crippen LogP contribution in [0.1, 0.15) is 89.1 Å². The van der Waals surface area contributed by atoms with E-state index >= 15 is 0 Å². The molecule has 1 aromatic carbocycles. The highest BCUT2D eigenvalue weighted by Gasteiger charge is 2.60. The first-order chi connectivity index (χ1) is 21.7. The topological polar surface area (TPSA) is 87.2 Å². The molecule has 0 aliphatic carbocycles. The molecule has 0 bridgehead atoms. The fraction of sp³-hybridized carbons (Fsp3) is 0.629. The van der Waals surface area contributed by atoms with Crippen molar-refractivity contribution in [1.82, 2.24) is 9.88 Å². The molecular formula is C35H47F3N2O6. The summed E-state index contributed by atoms with van der Waals surface area (Å²) in [6.45, 7) is 12.1. The van der Waals surface area contributed by atoms with Crippen molar-refractivity contribution in [2.45, 2.75) is 104 Å². The van der Waals surface area contributed by atoms with Crippen molar-refractivity contribution in [3.05, 3.63) is 58.8 Å². The van der Waals surface area contributed by atoms with Crippen LogP contribution in [0.4, 0.5) is 13.2 Å². The Labute approximate surface area is 269 Å². The number of esters is 1. The third kappa shape index (κ3) is 7.85. The zero-order chi connectivity index (χ0) is 33.8. The lowest BCUT2D eigenvalue weighted by Crippen LogP contribution is -2.51. The summed E-state index contributed by atoms with van der Waals surface area (Å²) in [5.74, 6) is -1.18. The van der Waals surface area contributed by atoms with E-state index in [0.29, 0.717) is 19.4 Å². The standard InChI is InChI=1S/C35H47F3N2O6/c1-8-44-33(42)29-27(34(4,5)6)30(46-20-23-18-24(35(36,37)38)19-39-31(23)43-7)28(25-14-10-9-13-22(25)17-21(2)3)40(29)32(41)26-15-11-12-16-45-26/h9-10,13-14,18-19,21,26-30H,8,11-12,15-17,20H2,1-7H3/t26-,27-,28-,29-,30-/m0/s1. The number of hydrogen-bond acceptors (Lipinski definition) is 7. The zero-order valence-electron chi connectivity index (χ0n) is 27.9. The molecule has 1 aromatic heterocycles. The van der Waals surface area contributed by atoms with Crippen molar-refractivity contribution in [1.29, 1.82) is 0 Å². The van der Waals surface area contributed by atoms with Gasteiger partial charge in [0.1, 0.15) is 12.1 Å². The first-order valence-corrected chi connectivity index (χ1v) is 16.1. The molecule has 254 valence electrons.